The largest absolute Gasteiger partial charge is 0.299 e. The van der Waals surface area contributed by atoms with E-state index < -0.39 is 8.07 Å². The van der Waals surface area contributed by atoms with Gasteiger partial charge in [0.05, 0.1) is 8.07 Å². The Morgan fingerprint density at radius 1 is 1.17 bits per heavy atom. The van der Waals surface area contributed by atoms with Gasteiger partial charge in [0.2, 0.25) is 0 Å². The maximum atomic E-state index is 12.2. The van der Waals surface area contributed by atoms with Crippen LogP contribution in [0.5, 0.6) is 0 Å². The first-order valence-corrected chi connectivity index (χ1v) is 10.0. The summed E-state index contributed by atoms with van der Waals surface area (Å²) < 4.78 is 0. The van der Waals surface area contributed by atoms with Gasteiger partial charge in [-0.1, -0.05) is 68.9 Å². The molecule has 2 rings (SSSR count). The van der Waals surface area contributed by atoms with E-state index in [4.69, 9.17) is 0 Å². The summed E-state index contributed by atoms with van der Waals surface area (Å²) in [5.41, 5.74) is 0.526. The van der Waals surface area contributed by atoms with Crippen LogP contribution >= 0.6 is 0 Å². The molecule has 1 unspecified atom stereocenters. The molecule has 0 aliphatic heterocycles. The maximum absolute atomic E-state index is 12.2. The molecule has 1 fully saturated rings. The van der Waals surface area contributed by atoms with Crippen LogP contribution in [0.15, 0.2) is 30.3 Å². The Morgan fingerprint density at radius 3 is 2.33 bits per heavy atom. The topological polar surface area (TPSA) is 17.1 Å². The fraction of sp³-hybridized carbons (Fsp3) is 0.562. The summed E-state index contributed by atoms with van der Waals surface area (Å²) in [6, 6.07) is 10.8. The number of hydrogen-bond acceptors (Lipinski definition) is 1. The normalized spacial score (nSPS) is 24.0. The van der Waals surface area contributed by atoms with Gasteiger partial charge in [-0.15, -0.1) is 0 Å². The van der Waals surface area contributed by atoms with Crippen LogP contribution in [0, 0.1) is 5.41 Å². The highest BCUT2D eigenvalue weighted by molar-refractivity contribution is 6.91. The Hall–Kier alpha value is -0.893. The molecule has 0 aromatic heterocycles. The summed E-state index contributed by atoms with van der Waals surface area (Å²) in [5, 5.41) is 1.49. The van der Waals surface area contributed by atoms with Gasteiger partial charge in [0.25, 0.3) is 0 Å². The van der Waals surface area contributed by atoms with Crippen LogP contribution in [-0.4, -0.2) is 13.9 Å². The average Bonchev–Trinajstić information content (AvgIpc) is 2.33. The standard InChI is InChI=1S/C16H24OSi/c1-16(2)11-10-14(12-15(16)17)18(3,4)13-8-6-5-7-9-13/h5-9,14H,10-12H2,1-4H3. The van der Waals surface area contributed by atoms with E-state index in [2.05, 4.69) is 57.3 Å². The number of benzene rings is 1. The van der Waals surface area contributed by atoms with Crippen LogP contribution in [0.4, 0.5) is 0 Å². The number of carbonyl (C=O) groups is 1. The predicted octanol–water partition coefficient (Wildman–Crippen LogP) is 3.75. The van der Waals surface area contributed by atoms with Gasteiger partial charge >= 0.3 is 0 Å². The Kier molecular flexibility index (Phi) is 3.50. The zero-order valence-corrected chi connectivity index (χ0v) is 13.0. The van der Waals surface area contributed by atoms with E-state index in [0.717, 1.165) is 12.8 Å². The molecule has 0 amide bonds. The first-order chi connectivity index (χ1) is 8.34. The lowest BCUT2D eigenvalue weighted by molar-refractivity contribution is -0.129. The van der Waals surface area contributed by atoms with Crippen LogP contribution in [0.3, 0.4) is 0 Å². The molecule has 1 nitrogen and oxygen atoms in total. The van der Waals surface area contributed by atoms with E-state index in [0.29, 0.717) is 11.3 Å². The SMILES string of the molecule is CC1(C)CCC([Si](C)(C)c2ccccc2)CC1=O. The molecule has 0 spiro atoms. The minimum Gasteiger partial charge on any atom is -0.299 e. The summed E-state index contributed by atoms with van der Waals surface area (Å²) in [6.07, 6.45) is 3.06. The quantitative estimate of drug-likeness (QED) is 0.740. The summed E-state index contributed by atoms with van der Waals surface area (Å²) in [7, 11) is -1.50. The summed E-state index contributed by atoms with van der Waals surface area (Å²) in [5.74, 6) is 0.468. The molecule has 1 atom stereocenters. The van der Waals surface area contributed by atoms with Crippen molar-refractivity contribution in [2.24, 2.45) is 5.41 Å². The van der Waals surface area contributed by atoms with Gasteiger partial charge in [-0.3, -0.25) is 4.79 Å². The van der Waals surface area contributed by atoms with Crippen LogP contribution in [0.25, 0.3) is 0 Å². The highest BCUT2D eigenvalue weighted by atomic mass is 28.3. The van der Waals surface area contributed by atoms with E-state index in [1.54, 1.807) is 0 Å². The van der Waals surface area contributed by atoms with Crippen molar-refractivity contribution in [2.45, 2.75) is 51.7 Å². The van der Waals surface area contributed by atoms with Gasteiger partial charge in [0.15, 0.2) is 0 Å². The molecule has 0 saturated heterocycles. The van der Waals surface area contributed by atoms with Crippen molar-refractivity contribution in [3.05, 3.63) is 30.3 Å². The van der Waals surface area contributed by atoms with Crippen molar-refractivity contribution in [1.82, 2.24) is 0 Å². The number of ketones is 1. The second-order valence-corrected chi connectivity index (χ2v) is 11.7. The third kappa shape index (κ3) is 2.44. The van der Waals surface area contributed by atoms with Gasteiger partial charge in [0, 0.05) is 11.8 Å². The number of hydrogen-bond donors (Lipinski definition) is 0. The van der Waals surface area contributed by atoms with Crippen molar-refractivity contribution in [3.63, 3.8) is 0 Å². The Labute approximate surface area is 112 Å². The monoisotopic (exact) mass is 260 g/mol. The molecule has 0 heterocycles. The van der Waals surface area contributed by atoms with Crippen LogP contribution in [-0.2, 0) is 4.79 Å². The zero-order valence-electron chi connectivity index (χ0n) is 12.0. The summed E-state index contributed by atoms with van der Waals surface area (Å²) in [4.78, 5) is 12.2. The first-order valence-electron chi connectivity index (χ1n) is 6.93. The number of carbonyl (C=O) groups excluding carboxylic acids is 1. The van der Waals surface area contributed by atoms with Crippen molar-refractivity contribution in [3.8, 4) is 0 Å². The van der Waals surface area contributed by atoms with E-state index in [1.165, 1.54) is 11.6 Å². The number of rotatable bonds is 2. The minimum atomic E-state index is -1.50. The molecule has 2 heteroatoms. The van der Waals surface area contributed by atoms with E-state index in [-0.39, 0.29) is 5.41 Å². The molecular weight excluding hydrogens is 236 g/mol. The Bertz CT molecular complexity index is 434. The highest BCUT2D eigenvalue weighted by Crippen LogP contribution is 2.42. The highest BCUT2D eigenvalue weighted by Gasteiger charge is 2.42. The fourth-order valence-corrected chi connectivity index (χ4v) is 6.08. The van der Waals surface area contributed by atoms with E-state index >= 15 is 0 Å². The summed E-state index contributed by atoms with van der Waals surface area (Å²) >= 11 is 0. The predicted molar refractivity (Wildman–Crippen MR) is 79.9 cm³/mol. The molecule has 1 aromatic carbocycles. The Morgan fingerprint density at radius 2 is 1.78 bits per heavy atom. The lowest BCUT2D eigenvalue weighted by Crippen LogP contribution is -2.49. The molecule has 0 bridgehead atoms. The number of Topliss-reactive ketones (excluding diaryl/α,β-unsaturated/α-hetero) is 1. The molecule has 0 N–H and O–H groups in total. The van der Waals surface area contributed by atoms with Crippen LogP contribution in [0.2, 0.25) is 18.6 Å². The molecule has 18 heavy (non-hydrogen) atoms. The zero-order chi connectivity index (χ0) is 13.4. The summed E-state index contributed by atoms with van der Waals surface area (Å²) in [6.45, 7) is 9.03. The molecule has 98 valence electrons. The molecule has 1 saturated carbocycles. The van der Waals surface area contributed by atoms with Crippen molar-refractivity contribution >= 4 is 19.0 Å². The first kappa shape index (κ1) is 13.5. The minimum absolute atomic E-state index is 0.0856. The van der Waals surface area contributed by atoms with Crippen molar-refractivity contribution in [2.75, 3.05) is 0 Å². The Balaban J connectivity index is 2.20. The average molecular weight is 260 g/mol. The lowest BCUT2D eigenvalue weighted by Gasteiger charge is -2.40. The smallest absolute Gasteiger partial charge is 0.138 e. The fourth-order valence-electron chi connectivity index (χ4n) is 3.00. The van der Waals surface area contributed by atoms with Crippen molar-refractivity contribution in [1.29, 1.82) is 0 Å². The van der Waals surface area contributed by atoms with Gasteiger partial charge in [-0.2, -0.15) is 0 Å². The van der Waals surface area contributed by atoms with Crippen LogP contribution < -0.4 is 5.19 Å². The molecule has 1 aromatic rings. The molecule has 1 aliphatic rings. The van der Waals surface area contributed by atoms with Gasteiger partial charge in [-0.25, -0.2) is 0 Å². The third-order valence-electron chi connectivity index (χ3n) is 4.84. The van der Waals surface area contributed by atoms with Gasteiger partial charge in [0.1, 0.15) is 5.78 Å². The molecular formula is C16H24OSi. The second-order valence-electron chi connectivity index (χ2n) is 6.83. The van der Waals surface area contributed by atoms with Crippen LogP contribution in [0.1, 0.15) is 33.1 Å². The van der Waals surface area contributed by atoms with Gasteiger partial charge < -0.3 is 0 Å². The van der Waals surface area contributed by atoms with Crippen molar-refractivity contribution < 1.29 is 4.79 Å². The maximum Gasteiger partial charge on any atom is 0.138 e. The lowest BCUT2D eigenvalue weighted by atomic mass is 9.76. The third-order valence-corrected chi connectivity index (χ3v) is 9.20. The van der Waals surface area contributed by atoms with Gasteiger partial charge in [-0.05, 0) is 12.0 Å². The second kappa shape index (κ2) is 4.65. The molecule has 0 radical (unpaired) electrons. The van der Waals surface area contributed by atoms with E-state index in [9.17, 15) is 4.79 Å². The van der Waals surface area contributed by atoms with E-state index in [1.807, 2.05) is 0 Å². The molecule has 1 aliphatic carbocycles.